The third-order valence-corrected chi connectivity index (χ3v) is 3.69. The van der Waals surface area contributed by atoms with Gasteiger partial charge in [-0.15, -0.1) is 0 Å². The summed E-state index contributed by atoms with van der Waals surface area (Å²) in [6.45, 7) is 2.54. The van der Waals surface area contributed by atoms with Gasteiger partial charge in [-0.05, 0) is 24.1 Å². The van der Waals surface area contributed by atoms with Crippen LogP contribution in [0.4, 0.5) is 0 Å². The summed E-state index contributed by atoms with van der Waals surface area (Å²) in [6.07, 6.45) is 3.45. The van der Waals surface area contributed by atoms with Gasteiger partial charge in [-0.25, -0.2) is 4.98 Å². The molecular formula is C15H18BClN2O4. The Kier molecular flexibility index (Phi) is 6.21. The first-order valence-corrected chi connectivity index (χ1v) is 7.74. The number of carbonyl (C=O) groups is 1. The van der Waals surface area contributed by atoms with E-state index in [1.54, 1.807) is 24.3 Å². The lowest BCUT2D eigenvalue weighted by Gasteiger charge is -2.10. The number of hydrogen-bond acceptors (Lipinski definition) is 5. The number of halogens is 1. The average molecular weight is 337 g/mol. The summed E-state index contributed by atoms with van der Waals surface area (Å²) >= 11 is 6.04. The van der Waals surface area contributed by atoms with E-state index in [0.29, 0.717) is 24.3 Å². The Bertz CT molecular complexity index is 658. The van der Waals surface area contributed by atoms with Crippen molar-refractivity contribution in [1.29, 1.82) is 0 Å². The minimum atomic E-state index is -1.85. The lowest BCUT2D eigenvalue weighted by atomic mass is 10.2. The molecule has 0 unspecified atom stereocenters. The van der Waals surface area contributed by atoms with Gasteiger partial charge in [0.1, 0.15) is 17.3 Å². The highest BCUT2D eigenvalue weighted by molar-refractivity contribution is 6.33. The van der Waals surface area contributed by atoms with Crippen molar-refractivity contribution in [2.45, 2.75) is 32.7 Å². The smallest absolute Gasteiger partial charge is 0.512 e. The van der Waals surface area contributed by atoms with E-state index < -0.39 is 7.32 Å². The molecule has 0 radical (unpaired) electrons. The third kappa shape index (κ3) is 4.57. The molecule has 0 aliphatic carbocycles. The number of unbranched alkanes of at least 4 members (excludes halogenated alkanes) is 1. The van der Waals surface area contributed by atoms with E-state index in [0.717, 1.165) is 30.7 Å². The molecule has 0 atom stereocenters. The molecule has 2 N–H and O–H groups in total. The van der Waals surface area contributed by atoms with E-state index in [4.69, 9.17) is 26.3 Å². The highest BCUT2D eigenvalue weighted by Crippen LogP contribution is 2.20. The Hall–Kier alpha value is -1.83. The standard InChI is InChI=1S/C15H18BClN2O4/c1-2-3-4-14-18-15(17)13(10-20)19(14)9-11-5-7-12(8-6-11)23-16(21)22/h5-8,10,21-22H,2-4,9H2,1H3. The number of rotatable bonds is 8. The Morgan fingerprint density at radius 1 is 1.35 bits per heavy atom. The molecular weight excluding hydrogens is 318 g/mol. The fraction of sp³-hybridized carbons (Fsp3) is 0.333. The van der Waals surface area contributed by atoms with E-state index >= 15 is 0 Å². The summed E-state index contributed by atoms with van der Waals surface area (Å²) in [6, 6.07) is 6.81. The monoisotopic (exact) mass is 336 g/mol. The lowest BCUT2D eigenvalue weighted by molar-refractivity contribution is 0.111. The minimum Gasteiger partial charge on any atom is -0.512 e. The van der Waals surface area contributed by atoms with Gasteiger partial charge >= 0.3 is 7.32 Å². The number of benzene rings is 1. The molecule has 0 amide bonds. The fourth-order valence-corrected chi connectivity index (χ4v) is 2.52. The Balaban J connectivity index is 2.22. The number of aldehydes is 1. The van der Waals surface area contributed by atoms with Crippen molar-refractivity contribution in [3.05, 3.63) is 46.5 Å². The summed E-state index contributed by atoms with van der Waals surface area (Å²) in [7, 11) is -1.85. The van der Waals surface area contributed by atoms with Gasteiger partial charge in [-0.1, -0.05) is 37.1 Å². The lowest BCUT2D eigenvalue weighted by Crippen LogP contribution is -2.20. The number of carbonyl (C=O) groups excluding carboxylic acids is 1. The van der Waals surface area contributed by atoms with Gasteiger partial charge in [0.25, 0.3) is 0 Å². The zero-order valence-electron chi connectivity index (χ0n) is 12.8. The van der Waals surface area contributed by atoms with Crippen molar-refractivity contribution in [3.63, 3.8) is 0 Å². The molecule has 0 bridgehead atoms. The predicted octanol–water partition coefficient (Wildman–Crippen LogP) is 2.09. The number of hydrogen-bond donors (Lipinski definition) is 2. The first-order chi connectivity index (χ1) is 11.0. The zero-order chi connectivity index (χ0) is 16.8. The molecule has 6 nitrogen and oxygen atoms in total. The molecule has 2 rings (SSSR count). The normalized spacial score (nSPS) is 10.6. The van der Waals surface area contributed by atoms with E-state index in [1.807, 2.05) is 4.57 Å². The SMILES string of the molecule is CCCCc1nc(Cl)c(C=O)n1Cc1ccc(OB(O)O)cc1. The number of aromatic nitrogens is 2. The zero-order valence-corrected chi connectivity index (χ0v) is 13.5. The van der Waals surface area contributed by atoms with Crippen LogP contribution in [0.3, 0.4) is 0 Å². The van der Waals surface area contributed by atoms with Gasteiger partial charge in [0.15, 0.2) is 11.4 Å². The van der Waals surface area contributed by atoms with E-state index in [1.165, 1.54) is 0 Å². The van der Waals surface area contributed by atoms with Crippen LogP contribution in [0.15, 0.2) is 24.3 Å². The molecule has 8 heteroatoms. The van der Waals surface area contributed by atoms with Crippen molar-refractivity contribution >= 4 is 25.2 Å². The number of aryl methyl sites for hydroxylation is 1. The molecule has 1 heterocycles. The van der Waals surface area contributed by atoms with Crippen molar-refractivity contribution in [2.24, 2.45) is 0 Å². The van der Waals surface area contributed by atoms with Crippen molar-refractivity contribution in [2.75, 3.05) is 0 Å². The molecule has 0 fully saturated rings. The molecule has 0 saturated carbocycles. The molecule has 23 heavy (non-hydrogen) atoms. The first-order valence-electron chi connectivity index (χ1n) is 7.37. The average Bonchev–Trinajstić information content (AvgIpc) is 2.81. The van der Waals surface area contributed by atoms with Crippen LogP contribution < -0.4 is 4.65 Å². The molecule has 2 aromatic rings. The quantitative estimate of drug-likeness (QED) is 0.569. The van der Waals surface area contributed by atoms with Gasteiger partial charge < -0.3 is 19.3 Å². The van der Waals surface area contributed by atoms with Crippen LogP contribution in [0.1, 0.15) is 41.6 Å². The highest BCUT2D eigenvalue weighted by Gasteiger charge is 2.16. The summed E-state index contributed by atoms with van der Waals surface area (Å²) in [5.74, 6) is 1.12. The van der Waals surface area contributed by atoms with Crippen molar-refractivity contribution < 1.29 is 19.5 Å². The third-order valence-electron chi connectivity index (χ3n) is 3.41. The summed E-state index contributed by atoms with van der Waals surface area (Å²) < 4.78 is 6.57. The van der Waals surface area contributed by atoms with Gasteiger partial charge in [0, 0.05) is 13.0 Å². The van der Waals surface area contributed by atoms with Crippen LogP contribution in [0.2, 0.25) is 5.15 Å². The minimum absolute atomic E-state index is 0.217. The van der Waals surface area contributed by atoms with E-state index in [2.05, 4.69) is 11.9 Å². The second kappa shape index (κ2) is 8.15. The van der Waals surface area contributed by atoms with E-state index in [-0.39, 0.29) is 5.15 Å². The molecule has 0 spiro atoms. The predicted molar refractivity (Wildman–Crippen MR) is 87.6 cm³/mol. The second-order valence-corrected chi connectivity index (χ2v) is 5.46. The highest BCUT2D eigenvalue weighted by atomic mass is 35.5. The van der Waals surface area contributed by atoms with Crippen LogP contribution in [0.5, 0.6) is 5.75 Å². The summed E-state index contributed by atoms with van der Waals surface area (Å²) in [4.78, 5) is 15.6. The Morgan fingerprint density at radius 2 is 2.04 bits per heavy atom. The van der Waals surface area contributed by atoms with Gasteiger partial charge in [-0.3, -0.25) is 4.79 Å². The summed E-state index contributed by atoms with van der Waals surface area (Å²) in [5, 5.41) is 17.8. The molecule has 1 aromatic heterocycles. The molecule has 122 valence electrons. The van der Waals surface area contributed by atoms with Crippen molar-refractivity contribution in [1.82, 2.24) is 9.55 Å². The Morgan fingerprint density at radius 3 is 2.61 bits per heavy atom. The second-order valence-electron chi connectivity index (χ2n) is 5.10. The number of nitrogens with zero attached hydrogens (tertiary/aromatic N) is 2. The van der Waals surface area contributed by atoms with E-state index in [9.17, 15) is 4.79 Å². The topological polar surface area (TPSA) is 84.6 Å². The number of imidazole rings is 1. The maximum atomic E-state index is 11.3. The van der Waals surface area contributed by atoms with Gasteiger partial charge in [0.2, 0.25) is 0 Å². The first kappa shape index (κ1) is 17.5. The van der Waals surface area contributed by atoms with Crippen molar-refractivity contribution in [3.8, 4) is 5.75 Å². The molecule has 0 aliphatic heterocycles. The van der Waals surface area contributed by atoms with Crippen LogP contribution in [-0.2, 0) is 13.0 Å². The van der Waals surface area contributed by atoms with Gasteiger partial charge in [-0.2, -0.15) is 0 Å². The maximum Gasteiger partial charge on any atom is 0.707 e. The molecule has 0 saturated heterocycles. The van der Waals surface area contributed by atoms with Crippen LogP contribution in [-0.4, -0.2) is 33.2 Å². The summed E-state index contributed by atoms with van der Waals surface area (Å²) in [5.41, 5.74) is 1.28. The molecule has 1 aromatic carbocycles. The van der Waals surface area contributed by atoms with Crippen LogP contribution in [0.25, 0.3) is 0 Å². The maximum absolute atomic E-state index is 11.3. The largest absolute Gasteiger partial charge is 0.707 e. The Labute approximate surface area is 139 Å². The molecule has 0 aliphatic rings. The van der Waals surface area contributed by atoms with Crippen LogP contribution in [0, 0.1) is 0 Å². The van der Waals surface area contributed by atoms with Gasteiger partial charge in [0.05, 0.1) is 0 Å². The fourth-order valence-electron chi connectivity index (χ4n) is 2.27. The van der Waals surface area contributed by atoms with Crippen LogP contribution >= 0.6 is 11.6 Å².